The van der Waals surface area contributed by atoms with Gasteiger partial charge >= 0.3 is 24.1 Å². The van der Waals surface area contributed by atoms with E-state index >= 15 is 0 Å². The SMILES string of the molecule is CC.CCOC(=O)C(Cc1ccc(OC(=O)CCCN(C(=O)OCC(Cl)(Cl)Cl)c2ccccn2)c(C(C)=O)c1)NC(=O)OCC(C)(C)C. The van der Waals surface area contributed by atoms with Gasteiger partial charge in [0.1, 0.15) is 24.2 Å². The number of esters is 2. The molecule has 0 radical (unpaired) electrons. The molecule has 2 aromatic rings. The number of amides is 2. The lowest BCUT2D eigenvalue weighted by atomic mass is 9.99. The molecule has 1 heterocycles. The Bertz CT molecular complexity index is 1360. The van der Waals surface area contributed by atoms with E-state index in [-0.39, 0.29) is 61.6 Å². The Balaban J connectivity index is 0.00000565. The van der Waals surface area contributed by atoms with Crippen molar-refractivity contribution in [2.24, 2.45) is 5.41 Å². The van der Waals surface area contributed by atoms with Gasteiger partial charge in [0, 0.05) is 25.6 Å². The lowest BCUT2D eigenvalue weighted by molar-refractivity contribution is -0.145. The summed E-state index contributed by atoms with van der Waals surface area (Å²) in [7, 11) is 0. The van der Waals surface area contributed by atoms with Crippen molar-refractivity contribution in [2.75, 3.05) is 31.3 Å². The number of halogens is 3. The number of rotatable bonds is 14. The van der Waals surface area contributed by atoms with Crippen LogP contribution in [0.4, 0.5) is 15.4 Å². The first-order chi connectivity index (χ1) is 22.5. The number of nitrogens with zero attached hydrogens (tertiary/aromatic N) is 2. The largest absolute Gasteiger partial charge is 0.464 e. The van der Waals surface area contributed by atoms with E-state index in [9.17, 15) is 24.0 Å². The summed E-state index contributed by atoms with van der Waals surface area (Å²) >= 11 is 17.1. The van der Waals surface area contributed by atoms with E-state index < -0.39 is 46.3 Å². The minimum Gasteiger partial charge on any atom is -0.464 e. The van der Waals surface area contributed by atoms with Gasteiger partial charge in [-0.05, 0) is 55.5 Å². The number of pyridine rings is 1. The van der Waals surface area contributed by atoms with E-state index in [1.165, 1.54) is 30.2 Å². The van der Waals surface area contributed by atoms with Gasteiger partial charge in [0.15, 0.2) is 5.78 Å². The van der Waals surface area contributed by atoms with Crippen LogP contribution in [-0.4, -0.2) is 71.1 Å². The zero-order chi connectivity index (χ0) is 36.5. The molecule has 0 aliphatic rings. The van der Waals surface area contributed by atoms with Gasteiger partial charge in [-0.2, -0.15) is 0 Å². The summed E-state index contributed by atoms with van der Waals surface area (Å²) in [5.41, 5.74) is 0.310. The molecule has 15 heteroatoms. The summed E-state index contributed by atoms with van der Waals surface area (Å²) in [6.45, 7) is 12.4. The lowest BCUT2D eigenvalue weighted by Gasteiger charge is -2.22. The second-order valence-corrected chi connectivity index (χ2v) is 13.8. The topological polar surface area (TPSA) is 150 Å². The van der Waals surface area contributed by atoms with Gasteiger partial charge in [0.2, 0.25) is 3.79 Å². The molecule has 1 atom stereocenters. The molecule has 0 aliphatic carbocycles. The second kappa shape index (κ2) is 20.7. The standard InChI is InChI=1S/C31H38Cl3N3O9.C2H6/c1-6-43-27(40)23(36-28(41)44-18-30(3,4)5)17-21-12-13-24(22(16-21)20(2)38)46-26(39)11-9-15-37(25-10-7-8-14-35-25)29(42)45-19-31(32,33)34;1-2/h7-8,10,12-14,16,23H,6,9,11,15,17-19H2,1-5H3,(H,36,41);1-2H3. The molecular formula is C33H44Cl3N3O9. The minimum atomic E-state index is -1.81. The van der Waals surface area contributed by atoms with E-state index in [2.05, 4.69) is 10.3 Å². The fourth-order valence-electron chi connectivity index (χ4n) is 3.80. The minimum absolute atomic E-state index is 0.00940. The highest BCUT2D eigenvalue weighted by molar-refractivity contribution is 6.67. The Morgan fingerprint density at radius 2 is 1.65 bits per heavy atom. The molecule has 0 spiro atoms. The summed E-state index contributed by atoms with van der Waals surface area (Å²) < 4.78 is 19.1. The van der Waals surface area contributed by atoms with Crippen LogP contribution in [0.3, 0.4) is 0 Å². The number of Topliss-reactive ketones (excluding diaryl/α,β-unsaturated/α-hetero) is 1. The van der Waals surface area contributed by atoms with Crippen molar-refractivity contribution >= 4 is 70.5 Å². The molecule has 2 amide bonds. The van der Waals surface area contributed by atoms with Crippen LogP contribution < -0.4 is 15.0 Å². The fraction of sp³-hybridized carbons (Fsp3) is 0.515. The number of anilines is 1. The Morgan fingerprint density at radius 3 is 2.21 bits per heavy atom. The van der Waals surface area contributed by atoms with Gasteiger partial charge in [-0.3, -0.25) is 14.5 Å². The van der Waals surface area contributed by atoms with E-state index in [4.69, 9.17) is 53.8 Å². The van der Waals surface area contributed by atoms with Crippen LogP contribution in [0.25, 0.3) is 0 Å². The first-order valence-corrected chi connectivity index (χ1v) is 16.5. The number of hydrogen-bond acceptors (Lipinski definition) is 10. The van der Waals surface area contributed by atoms with Gasteiger partial charge in [0.05, 0.1) is 18.8 Å². The van der Waals surface area contributed by atoms with Crippen molar-refractivity contribution in [3.05, 3.63) is 53.7 Å². The number of hydrogen-bond donors (Lipinski definition) is 1. The molecule has 2 rings (SSSR count). The van der Waals surface area contributed by atoms with E-state index in [0.717, 1.165) is 0 Å². The highest BCUT2D eigenvalue weighted by Crippen LogP contribution is 2.27. The molecule has 0 fully saturated rings. The van der Waals surface area contributed by atoms with Crippen LogP contribution in [0.2, 0.25) is 0 Å². The van der Waals surface area contributed by atoms with Crippen LogP contribution in [-0.2, 0) is 30.2 Å². The normalized spacial score (nSPS) is 11.6. The first kappa shape index (κ1) is 42.4. The number of ketones is 1. The fourth-order valence-corrected chi connectivity index (χ4v) is 3.96. The van der Waals surface area contributed by atoms with Crippen LogP contribution >= 0.6 is 34.8 Å². The van der Waals surface area contributed by atoms with Crippen molar-refractivity contribution in [1.29, 1.82) is 0 Å². The highest BCUT2D eigenvalue weighted by Gasteiger charge is 2.27. The average molecular weight is 733 g/mol. The lowest BCUT2D eigenvalue weighted by Crippen LogP contribution is -2.44. The molecule has 0 saturated heterocycles. The Kier molecular flexibility index (Phi) is 18.3. The second-order valence-electron chi connectivity index (χ2n) is 11.3. The number of alkyl carbamates (subject to hydrolysis) is 1. The molecule has 1 aromatic carbocycles. The van der Waals surface area contributed by atoms with E-state index in [0.29, 0.717) is 5.56 Å². The third kappa shape index (κ3) is 16.5. The van der Waals surface area contributed by atoms with Crippen molar-refractivity contribution in [1.82, 2.24) is 10.3 Å². The summed E-state index contributed by atoms with van der Waals surface area (Å²) in [5, 5.41) is 2.52. The number of alkyl halides is 3. The molecule has 0 saturated carbocycles. The van der Waals surface area contributed by atoms with Crippen molar-refractivity contribution in [2.45, 2.75) is 77.6 Å². The average Bonchev–Trinajstić information content (AvgIpc) is 3.02. The zero-order valence-electron chi connectivity index (χ0n) is 28.3. The van der Waals surface area contributed by atoms with Gasteiger partial charge in [-0.15, -0.1) is 0 Å². The molecule has 0 aliphatic heterocycles. The molecule has 1 N–H and O–H groups in total. The van der Waals surface area contributed by atoms with Crippen LogP contribution in [0.1, 0.15) is 77.2 Å². The molecule has 12 nitrogen and oxygen atoms in total. The monoisotopic (exact) mass is 731 g/mol. The molecule has 1 aromatic heterocycles. The van der Waals surface area contributed by atoms with Crippen LogP contribution in [0, 0.1) is 5.41 Å². The Labute approximate surface area is 296 Å². The van der Waals surface area contributed by atoms with Crippen molar-refractivity contribution in [3.8, 4) is 5.75 Å². The highest BCUT2D eigenvalue weighted by atomic mass is 35.6. The van der Waals surface area contributed by atoms with Gasteiger partial charge < -0.3 is 24.3 Å². The summed E-state index contributed by atoms with van der Waals surface area (Å²) in [4.78, 5) is 68.2. The number of carbonyl (C=O) groups is 5. The van der Waals surface area contributed by atoms with Crippen LogP contribution in [0.5, 0.6) is 5.75 Å². The number of ether oxygens (including phenoxy) is 4. The summed E-state index contributed by atoms with van der Waals surface area (Å²) in [6, 6.07) is 8.28. The van der Waals surface area contributed by atoms with Gasteiger partial charge in [-0.25, -0.2) is 19.4 Å². The molecule has 266 valence electrons. The molecular weight excluding hydrogens is 689 g/mol. The molecule has 0 bridgehead atoms. The van der Waals surface area contributed by atoms with Gasteiger partial charge in [0.25, 0.3) is 0 Å². The number of carbonyl (C=O) groups excluding carboxylic acids is 5. The van der Waals surface area contributed by atoms with Crippen LogP contribution in [0.15, 0.2) is 42.6 Å². The Morgan fingerprint density at radius 1 is 0.958 bits per heavy atom. The maximum Gasteiger partial charge on any atom is 0.415 e. The smallest absolute Gasteiger partial charge is 0.415 e. The quantitative estimate of drug-likeness (QED) is 0.0691. The maximum absolute atomic E-state index is 12.8. The number of aromatic nitrogens is 1. The number of benzene rings is 1. The molecule has 1 unspecified atom stereocenters. The third-order valence-electron chi connectivity index (χ3n) is 5.85. The number of nitrogens with one attached hydrogen (secondary N) is 1. The molecule has 48 heavy (non-hydrogen) atoms. The summed E-state index contributed by atoms with van der Waals surface area (Å²) in [5.74, 6) is -1.47. The third-order valence-corrected chi connectivity index (χ3v) is 6.18. The predicted octanol–water partition coefficient (Wildman–Crippen LogP) is 7.26. The maximum atomic E-state index is 12.8. The summed E-state index contributed by atoms with van der Waals surface area (Å²) in [6.07, 6.45) is -0.141. The van der Waals surface area contributed by atoms with Crippen molar-refractivity contribution in [3.63, 3.8) is 0 Å². The van der Waals surface area contributed by atoms with Crippen molar-refractivity contribution < 1.29 is 42.9 Å². The van der Waals surface area contributed by atoms with E-state index in [1.807, 2.05) is 34.6 Å². The first-order valence-electron chi connectivity index (χ1n) is 15.4. The zero-order valence-corrected chi connectivity index (χ0v) is 30.5. The van der Waals surface area contributed by atoms with E-state index in [1.54, 1.807) is 31.2 Å². The Hall–Kier alpha value is -3.61. The predicted molar refractivity (Wildman–Crippen MR) is 184 cm³/mol. The van der Waals surface area contributed by atoms with Gasteiger partial charge in [-0.1, -0.05) is 81.6 Å².